The van der Waals surface area contributed by atoms with Gasteiger partial charge < -0.3 is 14.2 Å². The van der Waals surface area contributed by atoms with Crippen molar-refractivity contribution in [3.8, 4) is 11.5 Å². The smallest absolute Gasteiger partial charge is 0.125 e. The first-order valence-electron chi connectivity index (χ1n) is 8.87. The van der Waals surface area contributed by atoms with E-state index < -0.39 is 0 Å². The van der Waals surface area contributed by atoms with Crippen molar-refractivity contribution in [1.82, 2.24) is 0 Å². The maximum atomic E-state index is 5.87. The van der Waals surface area contributed by atoms with Crippen LogP contribution in [0.5, 0.6) is 11.5 Å². The van der Waals surface area contributed by atoms with Gasteiger partial charge in [0.1, 0.15) is 24.7 Å². The molecule has 3 nitrogen and oxygen atoms in total. The highest BCUT2D eigenvalue weighted by atomic mass is 16.5. The van der Waals surface area contributed by atoms with Gasteiger partial charge in [-0.25, -0.2) is 0 Å². The first-order valence-corrected chi connectivity index (χ1v) is 8.87. The fourth-order valence-corrected chi connectivity index (χ4v) is 3.30. The van der Waals surface area contributed by atoms with Crippen LogP contribution in [0.2, 0.25) is 0 Å². The topological polar surface area (TPSA) is 27.7 Å². The lowest BCUT2D eigenvalue weighted by Gasteiger charge is -2.14. The van der Waals surface area contributed by atoms with Crippen molar-refractivity contribution in [2.75, 3.05) is 26.4 Å². The molecule has 2 rings (SSSR count). The third-order valence-corrected chi connectivity index (χ3v) is 4.16. The summed E-state index contributed by atoms with van der Waals surface area (Å²) in [4.78, 5) is 0. The molecule has 0 radical (unpaired) electrons. The van der Waals surface area contributed by atoms with Crippen molar-refractivity contribution in [3.05, 3.63) is 57.6 Å². The largest absolute Gasteiger partial charge is 0.491 e. The van der Waals surface area contributed by atoms with Crippen LogP contribution in [0.4, 0.5) is 0 Å². The van der Waals surface area contributed by atoms with E-state index in [0.717, 1.165) is 11.5 Å². The van der Waals surface area contributed by atoms with Crippen molar-refractivity contribution in [1.29, 1.82) is 0 Å². The second-order valence-electron chi connectivity index (χ2n) is 6.76. The minimum atomic E-state index is 0.549. The summed E-state index contributed by atoms with van der Waals surface area (Å²) in [5.74, 6) is 1.94. The van der Waals surface area contributed by atoms with Gasteiger partial charge in [-0.15, -0.1) is 0 Å². The normalized spacial score (nSPS) is 10.8. The fourth-order valence-electron chi connectivity index (χ4n) is 3.30. The highest BCUT2D eigenvalue weighted by molar-refractivity contribution is 5.43. The molecular formula is C22H30O3. The van der Waals surface area contributed by atoms with Crippen LogP contribution in [-0.4, -0.2) is 26.4 Å². The van der Waals surface area contributed by atoms with Gasteiger partial charge in [-0.1, -0.05) is 35.4 Å². The van der Waals surface area contributed by atoms with Crippen LogP contribution in [0.15, 0.2) is 24.3 Å². The highest BCUT2D eigenvalue weighted by Crippen LogP contribution is 2.25. The molecule has 0 fully saturated rings. The molecule has 0 aliphatic heterocycles. The first-order chi connectivity index (χ1) is 11.9. The van der Waals surface area contributed by atoms with E-state index >= 15 is 0 Å². The number of aryl methyl sites for hydroxylation is 6. The van der Waals surface area contributed by atoms with Crippen LogP contribution in [0.3, 0.4) is 0 Å². The van der Waals surface area contributed by atoms with E-state index in [0.29, 0.717) is 26.4 Å². The van der Waals surface area contributed by atoms with Gasteiger partial charge in [0, 0.05) is 0 Å². The highest BCUT2D eigenvalue weighted by Gasteiger charge is 2.06. The van der Waals surface area contributed by atoms with E-state index in [1.807, 2.05) is 0 Å². The summed E-state index contributed by atoms with van der Waals surface area (Å²) in [7, 11) is 0. The zero-order valence-corrected chi connectivity index (χ0v) is 16.4. The van der Waals surface area contributed by atoms with Crippen LogP contribution in [0, 0.1) is 41.5 Å². The molecule has 25 heavy (non-hydrogen) atoms. The van der Waals surface area contributed by atoms with Gasteiger partial charge in [-0.3, -0.25) is 0 Å². The number of hydrogen-bond donors (Lipinski definition) is 0. The zero-order valence-electron chi connectivity index (χ0n) is 16.4. The molecule has 0 heterocycles. The predicted octanol–water partition coefficient (Wildman–Crippen LogP) is 5.01. The van der Waals surface area contributed by atoms with E-state index in [9.17, 15) is 0 Å². The number of ether oxygens (including phenoxy) is 3. The Labute approximate surface area is 151 Å². The Balaban J connectivity index is 1.69. The van der Waals surface area contributed by atoms with Crippen LogP contribution in [-0.2, 0) is 4.74 Å². The Bertz CT molecular complexity index is 612. The van der Waals surface area contributed by atoms with Crippen LogP contribution in [0.1, 0.15) is 33.4 Å². The maximum absolute atomic E-state index is 5.87. The Morgan fingerprint density at radius 2 is 0.840 bits per heavy atom. The van der Waals surface area contributed by atoms with E-state index in [4.69, 9.17) is 14.2 Å². The lowest BCUT2D eigenvalue weighted by molar-refractivity contribution is 0.0758. The van der Waals surface area contributed by atoms with Gasteiger partial charge in [0.15, 0.2) is 0 Å². The van der Waals surface area contributed by atoms with Gasteiger partial charge in [-0.05, 0) is 63.8 Å². The third kappa shape index (κ3) is 5.50. The molecule has 0 N–H and O–H groups in total. The molecule has 2 aromatic rings. The lowest BCUT2D eigenvalue weighted by Crippen LogP contribution is -2.13. The molecule has 0 saturated carbocycles. The van der Waals surface area contributed by atoms with Crippen molar-refractivity contribution in [2.45, 2.75) is 41.5 Å². The molecule has 0 saturated heterocycles. The molecule has 0 aliphatic carbocycles. The average Bonchev–Trinajstić information content (AvgIpc) is 2.50. The van der Waals surface area contributed by atoms with Crippen molar-refractivity contribution >= 4 is 0 Å². The Kier molecular flexibility index (Phi) is 6.89. The van der Waals surface area contributed by atoms with E-state index in [1.54, 1.807) is 0 Å². The predicted molar refractivity (Wildman–Crippen MR) is 103 cm³/mol. The van der Waals surface area contributed by atoms with E-state index in [2.05, 4.69) is 65.8 Å². The minimum Gasteiger partial charge on any atom is -0.491 e. The van der Waals surface area contributed by atoms with Crippen LogP contribution >= 0.6 is 0 Å². The summed E-state index contributed by atoms with van der Waals surface area (Å²) in [6, 6.07) is 8.57. The summed E-state index contributed by atoms with van der Waals surface area (Å²) < 4.78 is 17.4. The molecule has 0 amide bonds. The lowest BCUT2D eigenvalue weighted by atomic mass is 10.1. The van der Waals surface area contributed by atoms with Gasteiger partial charge in [0.25, 0.3) is 0 Å². The van der Waals surface area contributed by atoms with E-state index in [1.165, 1.54) is 33.4 Å². The van der Waals surface area contributed by atoms with Gasteiger partial charge in [0.05, 0.1) is 13.2 Å². The van der Waals surface area contributed by atoms with Crippen LogP contribution in [0.25, 0.3) is 0 Å². The molecule has 0 spiro atoms. The molecule has 0 atom stereocenters. The Hall–Kier alpha value is -2.00. The fraction of sp³-hybridized carbons (Fsp3) is 0.455. The molecular weight excluding hydrogens is 312 g/mol. The number of rotatable bonds is 8. The first kappa shape index (κ1) is 19.3. The van der Waals surface area contributed by atoms with Crippen LogP contribution < -0.4 is 9.47 Å². The monoisotopic (exact) mass is 342 g/mol. The molecule has 0 unspecified atom stereocenters. The third-order valence-electron chi connectivity index (χ3n) is 4.16. The summed E-state index contributed by atoms with van der Waals surface area (Å²) in [5.41, 5.74) is 7.21. The van der Waals surface area contributed by atoms with Gasteiger partial charge in [-0.2, -0.15) is 0 Å². The number of benzene rings is 2. The van der Waals surface area contributed by atoms with Gasteiger partial charge in [0.2, 0.25) is 0 Å². The van der Waals surface area contributed by atoms with Crippen molar-refractivity contribution in [3.63, 3.8) is 0 Å². The molecule has 0 bridgehead atoms. The average molecular weight is 342 g/mol. The Morgan fingerprint density at radius 1 is 0.520 bits per heavy atom. The molecule has 3 heteroatoms. The summed E-state index contributed by atoms with van der Waals surface area (Å²) >= 11 is 0. The summed E-state index contributed by atoms with van der Waals surface area (Å²) in [6.45, 7) is 14.7. The SMILES string of the molecule is Cc1cc(C)c(OCCOCCOc2c(C)cc(C)cc2C)c(C)c1. The quantitative estimate of drug-likeness (QED) is 0.631. The van der Waals surface area contributed by atoms with Gasteiger partial charge >= 0.3 is 0 Å². The molecule has 2 aromatic carbocycles. The molecule has 136 valence electrons. The standard InChI is InChI=1S/C22H30O3/c1-15-11-17(3)21(18(4)12-15)24-9-7-23-8-10-25-22-19(5)13-16(2)14-20(22)6/h11-14H,7-10H2,1-6H3. The second-order valence-corrected chi connectivity index (χ2v) is 6.76. The maximum Gasteiger partial charge on any atom is 0.125 e. The van der Waals surface area contributed by atoms with Crippen molar-refractivity contribution < 1.29 is 14.2 Å². The van der Waals surface area contributed by atoms with Crippen molar-refractivity contribution in [2.24, 2.45) is 0 Å². The number of hydrogen-bond acceptors (Lipinski definition) is 3. The molecule has 0 aliphatic rings. The second kappa shape index (κ2) is 8.91. The summed E-state index contributed by atoms with van der Waals surface area (Å²) in [6.07, 6.45) is 0. The van der Waals surface area contributed by atoms with E-state index in [-0.39, 0.29) is 0 Å². The summed E-state index contributed by atoms with van der Waals surface area (Å²) in [5, 5.41) is 0. The zero-order chi connectivity index (χ0) is 18.4. The Morgan fingerprint density at radius 3 is 1.16 bits per heavy atom. The molecule has 0 aromatic heterocycles. The minimum absolute atomic E-state index is 0.549.